The van der Waals surface area contributed by atoms with Crippen LogP contribution in [0.25, 0.3) is 5.82 Å². The molecule has 8 nitrogen and oxygen atoms in total. The number of hydrogen-bond acceptors (Lipinski definition) is 4. The van der Waals surface area contributed by atoms with E-state index in [9.17, 15) is 0 Å². The van der Waals surface area contributed by atoms with Crippen molar-refractivity contribution in [1.82, 2.24) is 35.2 Å². The quantitative estimate of drug-likeness (QED) is 0.514. The molecule has 0 fully saturated rings. The Balaban J connectivity index is 1.69. The van der Waals surface area contributed by atoms with Gasteiger partial charge in [-0.3, -0.25) is 4.68 Å². The van der Waals surface area contributed by atoms with Crippen LogP contribution in [-0.2, 0) is 20.1 Å². The Morgan fingerprint density at radius 1 is 1.22 bits per heavy atom. The maximum Gasteiger partial charge on any atom is 0.191 e. The summed E-state index contributed by atoms with van der Waals surface area (Å²) in [7, 11) is 1.96. The number of aromatic nitrogens is 5. The van der Waals surface area contributed by atoms with Crippen LogP contribution in [0.15, 0.2) is 41.8 Å². The Bertz CT molecular complexity index is 908. The average molecular weight is 366 g/mol. The minimum absolute atomic E-state index is 0.553. The molecule has 0 amide bonds. The monoisotopic (exact) mass is 366 g/mol. The van der Waals surface area contributed by atoms with Crippen LogP contribution in [0.2, 0.25) is 0 Å². The molecule has 0 atom stereocenters. The SMILES string of the molecule is CCNC(=NCc1ccnc(-n2cccn2)c1)NCc1c(C)nn(C)c1C. The third-order valence-electron chi connectivity index (χ3n) is 4.40. The normalized spacial score (nSPS) is 11.6. The van der Waals surface area contributed by atoms with Gasteiger partial charge in [0, 0.05) is 50.0 Å². The van der Waals surface area contributed by atoms with E-state index >= 15 is 0 Å². The molecule has 0 aliphatic heterocycles. The summed E-state index contributed by atoms with van der Waals surface area (Å²) in [5, 5.41) is 15.4. The molecular weight excluding hydrogens is 340 g/mol. The summed E-state index contributed by atoms with van der Waals surface area (Å²) >= 11 is 0. The number of pyridine rings is 1. The maximum absolute atomic E-state index is 4.70. The van der Waals surface area contributed by atoms with Gasteiger partial charge in [-0.2, -0.15) is 10.2 Å². The Morgan fingerprint density at radius 3 is 2.74 bits per heavy atom. The Kier molecular flexibility index (Phi) is 5.85. The summed E-state index contributed by atoms with van der Waals surface area (Å²) in [6.45, 7) is 8.20. The van der Waals surface area contributed by atoms with Crippen molar-refractivity contribution in [2.45, 2.75) is 33.9 Å². The molecule has 0 saturated carbocycles. The maximum atomic E-state index is 4.70. The van der Waals surface area contributed by atoms with E-state index in [2.05, 4.69) is 39.7 Å². The lowest BCUT2D eigenvalue weighted by molar-refractivity contribution is 0.728. The number of rotatable bonds is 6. The minimum Gasteiger partial charge on any atom is -0.357 e. The van der Waals surface area contributed by atoms with Gasteiger partial charge in [0.05, 0.1) is 12.2 Å². The molecule has 0 saturated heterocycles. The van der Waals surface area contributed by atoms with Gasteiger partial charge in [0.25, 0.3) is 0 Å². The summed E-state index contributed by atoms with van der Waals surface area (Å²) in [6, 6.07) is 5.84. The van der Waals surface area contributed by atoms with Crippen LogP contribution in [0.4, 0.5) is 0 Å². The molecule has 142 valence electrons. The van der Waals surface area contributed by atoms with E-state index in [0.717, 1.165) is 35.3 Å². The molecule has 0 bridgehead atoms. The van der Waals surface area contributed by atoms with Crippen LogP contribution in [0, 0.1) is 13.8 Å². The predicted molar refractivity (Wildman–Crippen MR) is 106 cm³/mol. The zero-order chi connectivity index (χ0) is 19.2. The second kappa shape index (κ2) is 8.48. The van der Waals surface area contributed by atoms with Crippen molar-refractivity contribution in [2.24, 2.45) is 12.0 Å². The molecule has 0 unspecified atom stereocenters. The van der Waals surface area contributed by atoms with Crippen molar-refractivity contribution in [3.05, 3.63) is 59.3 Å². The number of aliphatic imine (C=N–C) groups is 1. The summed E-state index contributed by atoms with van der Waals surface area (Å²) in [4.78, 5) is 9.05. The Hall–Kier alpha value is -3.16. The fraction of sp³-hybridized carbons (Fsp3) is 0.368. The van der Waals surface area contributed by atoms with Crippen molar-refractivity contribution < 1.29 is 0 Å². The van der Waals surface area contributed by atoms with Gasteiger partial charge in [-0.25, -0.2) is 14.7 Å². The molecule has 0 spiro atoms. The third kappa shape index (κ3) is 4.52. The molecule has 0 aliphatic carbocycles. The molecule has 0 radical (unpaired) electrons. The van der Waals surface area contributed by atoms with E-state index in [0.29, 0.717) is 13.1 Å². The molecule has 3 aromatic rings. The number of aryl methyl sites for hydroxylation is 2. The number of hydrogen-bond donors (Lipinski definition) is 2. The predicted octanol–water partition coefficient (Wildman–Crippen LogP) is 1.87. The first-order chi connectivity index (χ1) is 13.1. The van der Waals surface area contributed by atoms with E-state index in [1.807, 2.05) is 43.0 Å². The zero-order valence-electron chi connectivity index (χ0n) is 16.3. The lowest BCUT2D eigenvalue weighted by Crippen LogP contribution is -2.37. The van der Waals surface area contributed by atoms with Crippen molar-refractivity contribution in [3.63, 3.8) is 0 Å². The topological polar surface area (TPSA) is 84.9 Å². The zero-order valence-corrected chi connectivity index (χ0v) is 16.3. The molecule has 0 aliphatic rings. The van der Waals surface area contributed by atoms with Crippen LogP contribution in [0.5, 0.6) is 0 Å². The lowest BCUT2D eigenvalue weighted by Gasteiger charge is -2.12. The van der Waals surface area contributed by atoms with Crippen molar-refractivity contribution >= 4 is 5.96 Å². The van der Waals surface area contributed by atoms with Crippen LogP contribution in [0.3, 0.4) is 0 Å². The average Bonchev–Trinajstić information content (AvgIpc) is 3.28. The van der Waals surface area contributed by atoms with E-state index < -0.39 is 0 Å². The van der Waals surface area contributed by atoms with Gasteiger partial charge < -0.3 is 10.6 Å². The van der Waals surface area contributed by atoms with Gasteiger partial charge in [0.15, 0.2) is 11.8 Å². The Morgan fingerprint density at radius 2 is 2.07 bits per heavy atom. The molecule has 3 aromatic heterocycles. The first kappa shape index (κ1) is 18.6. The second-order valence-corrected chi connectivity index (χ2v) is 6.29. The summed E-state index contributed by atoms with van der Waals surface area (Å²) < 4.78 is 3.65. The van der Waals surface area contributed by atoms with E-state index in [1.165, 1.54) is 5.56 Å². The molecule has 3 rings (SSSR count). The first-order valence-electron chi connectivity index (χ1n) is 9.04. The number of nitrogens with one attached hydrogen (secondary N) is 2. The van der Waals surface area contributed by atoms with E-state index in [4.69, 9.17) is 4.99 Å². The molecule has 8 heteroatoms. The van der Waals surface area contributed by atoms with Gasteiger partial charge in [0.2, 0.25) is 0 Å². The minimum atomic E-state index is 0.553. The van der Waals surface area contributed by atoms with Crippen molar-refractivity contribution in [3.8, 4) is 5.82 Å². The van der Waals surface area contributed by atoms with Crippen LogP contribution in [-0.4, -0.2) is 37.0 Å². The fourth-order valence-electron chi connectivity index (χ4n) is 2.85. The second-order valence-electron chi connectivity index (χ2n) is 6.29. The highest BCUT2D eigenvalue weighted by Gasteiger charge is 2.09. The third-order valence-corrected chi connectivity index (χ3v) is 4.40. The van der Waals surface area contributed by atoms with Gasteiger partial charge in [-0.05, 0) is 44.5 Å². The van der Waals surface area contributed by atoms with Gasteiger partial charge in [-0.15, -0.1) is 0 Å². The molecule has 3 heterocycles. The summed E-state index contributed by atoms with van der Waals surface area (Å²) in [5.41, 5.74) is 4.47. The highest BCUT2D eigenvalue weighted by atomic mass is 15.3. The first-order valence-corrected chi connectivity index (χ1v) is 9.04. The van der Waals surface area contributed by atoms with Crippen LogP contribution in [0.1, 0.15) is 29.4 Å². The van der Waals surface area contributed by atoms with Gasteiger partial charge >= 0.3 is 0 Å². The summed E-state index contributed by atoms with van der Waals surface area (Å²) in [5.74, 6) is 1.56. The van der Waals surface area contributed by atoms with Gasteiger partial charge in [-0.1, -0.05) is 0 Å². The van der Waals surface area contributed by atoms with E-state index in [-0.39, 0.29) is 0 Å². The molecule has 2 N–H and O–H groups in total. The summed E-state index contributed by atoms with van der Waals surface area (Å²) in [6.07, 6.45) is 5.40. The largest absolute Gasteiger partial charge is 0.357 e. The van der Waals surface area contributed by atoms with Gasteiger partial charge in [0.1, 0.15) is 0 Å². The standard InChI is InChI=1S/C19H26N8/c1-5-20-19(23-13-17-14(2)25-26(4)15(17)3)22-12-16-7-9-21-18(11-16)27-10-6-8-24-27/h6-11H,5,12-13H2,1-4H3,(H2,20,22,23). The smallest absolute Gasteiger partial charge is 0.191 e. The highest BCUT2D eigenvalue weighted by Crippen LogP contribution is 2.11. The van der Waals surface area contributed by atoms with Crippen LogP contribution >= 0.6 is 0 Å². The number of guanidine groups is 1. The fourth-order valence-corrected chi connectivity index (χ4v) is 2.85. The lowest BCUT2D eigenvalue weighted by atomic mass is 10.2. The van der Waals surface area contributed by atoms with Crippen molar-refractivity contribution in [1.29, 1.82) is 0 Å². The molecule has 0 aromatic carbocycles. The van der Waals surface area contributed by atoms with E-state index in [1.54, 1.807) is 17.1 Å². The molecule has 27 heavy (non-hydrogen) atoms. The number of nitrogens with zero attached hydrogens (tertiary/aromatic N) is 6. The molecular formula is C19H26N8. The highest BCUT2D eigenvalue weighted by molar-refractivity contribution is 5.79. The van der Waals surface area contributed by atoms with Crippen molar-refractivity contribution in [2.75, 3.05) is 6.54 Å². The Labute approximate surface area is 159 Å². The van der Waals surface area contributed by atoms with Crippen LogP contribution < -0.4 is 10.6 Å².